The van der Waals surface area contributed by atoms with Crippen LogP contribution in [-0.2, 0) is 4.74 Å². The summed E-state index contributed by atoms with van der Waals surface area (Å²) in [4.78, 5) is 0. The lowest BCUT2D eigenvalue weighted by Crippen LogP contribution is -1.87. The molecule has 0 radical (unpaired) electrons. The third-order valence-corrected chi connectivity index (χ3v) is 2.89. The van der Waals surface area contributed by atoms with Crippen LogP contribution in [0, 0.1) is 0 Å². The van der Waals surface area contributed by atoms with Crippen LogP contribution in [0.25, 0.3) is 0 Å². The standard InChI is InChI=1S/C16H30O/c1-3-5-6-7-8-9-10-11-12-13-14-15-16-17-4-2/h4,7-8H,2-3,5-6,9-16H2,1H3. The van der Waals surface area contributed by atoms with Gasteiger partial charge in [0, 0.05) is 0 Å². The largest absolute Gasteiger partial charge is 0.502 e. The first kappa shape index (κ1) is 16.3. The summed E-state index contributed by atoms with van der Waals surface area (Å²) in [5.74, 6) is 0. The number of hydrogen-bond acceptors (Lipinski definition) is 1. The van der Waals surface area contributed by atoms with Crippen molar-refractivity contribution in [2.24, 2.45) is 0 Å². The molecule has 0 heterocycles. The van der Waals surface area contributed by atoms with Crippen molar-refractivity contribution in [3.05, 3.63) is 25.0 Å². The molecule has 0 N–H and O–H groups in total. The maximum atomic E-state index is 5.08. The number of unbranched alkanes of at least 4 members (excludes halogenated alkanes) is 8. The first-order valence-corrected chi connectivity index (χ1v) is 7.29. The molecule has 17 heavy (non-hydrogen) atoms. The number of hydrogen-bond donors (Lipinski definition) is 0. The van der Waals surface area contributed by atoms with Gasteiger partial charge < -0.3 is 4.74 Å². The van der Waals surface area contributed by atoms with E-state index in [1.807, 2.05) is 0 Å². The van der Waals surface area contributed by atoms with Gasteiger partial charge in [-0.05, 0) is 25.7 Å². The topological polar surface area (TPSA) is 9.23 Å². The molecule has 0 aromatic heterocycles. The Bertz CT molecular complexity index is 172. The molecule has 100 valence electrons. The van der Waals surface area contributed by atoms with Gasteiger partial charge in [0.2, 0.25) is 0 Å². The molecule has 0 saturated carbocycles. The normalized spacial score (nSPS) is 10.9. The fourth-order valence-corrected chi connectivity index (χ4v) is 1.80. The Hall–Kier alpha value is -0.720. The van der Waals surface area contributed by atoms with Crippen LogP contribution in [-0.4, -0.2) is 6.61 Å². The third-order valence-electron chi connectivity index (χ3n) is 2.89. The Kier molecular flexibility index (Phi) is 14.6. The van der Waals surface area contributed by atoms with E-state index in [1.54, 1.807) is 0 Å². The molecule has 0 bridgehead atoms. The van der Waals surface area contributed by atoms with Gasteiger partial charge in [0.25, 0.3) is 0 Å². The highest BCUT2D eigenvalue weighted by Gasteiger charge is 1.90. The predicted molar refractivity (Wildman–Crippen MR) is 77.1 cm³/mol. The summed E-state index contributed by atoms with van der Waals surface area (Å²) in [6, 6.07) is 0. The summed E-state index contributed by atoms with van der Waals surface area (Å²) in [6.07, 6.45) is 19.3. The molecule has 0 saturated heterocycles. The van der Waals surface area contributed by atoms with Crippen LogP contribution in [0.5, 0.6) is 0 Å². The highest BCUT2D eigenvalue weighted by atomic mass is 16.5. The zero-order valence-electron chi connectivity index (χ0n) is 11.6. The minimum Gasteiger partial charge on any atom is -0.502 e. The van der Waals surface area contributed by atoms with Gasteiger partial charge in [0.1, 0.15) is 0 Å². The molecule has 0 unspecified atom stereocenters. The van der Waals surface area contributed by atoms with Crippen molar-refractivity contribution in [2.75, 3.05) is 6.61 Å². The van der Waals surface area contributed by atoms with Crippen LogP contribution < -0.4 is 0 Å². The van der Waals surface area contributed by atoms with Crippen molar-refractivity contribution < 1.29 is 4.74 Å². The van der Waals surface area contributed by atoms with E-state index in [0.29, 0.717) is 0 Å². The predicted octanol–water partition coefficient (Wildman–Crippen LogP) is 5.62. The van der Waals surface area contributed by atoms with Gasteiger partial charge in [-0.3, -0.25) is 0 Å². The summed E-state index contributed by atoms with van der Waals surface area (Å²) in [6.45, 7) is 6.61. The molecular formula is C16H30O. The van der Waals surface area contributed by atoms with Crippen LogP contribution in [0.15, 0.2) is 25.0 Å². The summed E-state index contributed by atoms with van der Waals surface area (Å²) < 4.78 is 5.08. The van der Waals surface area contributed by atoms with E-state index in [2.05, 4.69) is 25.7 Å². The second kappa shape index (κ2) is 15.3. The molecule has 0 rings (SSSR count). The SMILES string of the molecule is C=COCCCCCCCCC=CCCCC. The maximum Gasteiger partial charge on any atom is 0.0873 e. The molecule has 1 heteroatoms. The Morgan fingerprint density at radius 3 is 2.06 bits per heavy atom. The molecule has 0 fully saturated rings. The average molecular weight is 238 g/mol. The minimum atomic E-state index is 0.837. The zero-order chi connectivity index (χ0) is 12.6. The lowest BCUT2D eigenvalue weighted by Gasteiger charge is -2.01. The highest BCUT2D eigenvalue weighted by Crippen LogP contribution is 2.08. The van der Waals surface area contributed by atoms with Crippen molar-refractivity contribution in [1.29, 1.82) is 0 Å². The molecule has 0 aliphatic heterocycles. The summed E-state index contributed by atoms with van der Waals surface area (Å²) in [5.41, 5.74) is 0. The molecular weight excluding hydrogens is 208 g/mol. The van der Waals surface area contributed by atoms with Gasteiger partial charge in [-0.2, -0.15) is 0 Å². The third kappa shape index (κ3) is 15.3. The number of rotatable bonds is 13. The molecule has 0 atom stereocenters. The van der Waals surface area contributed by atoms with Crippen LogP contribution in [0.2, 0.25) is 0 Å². The van der Waals surface area contributed by atoms with E-state index in [1.165, 1.54) is 70.5 Å². The van der Waals surface area contributed by atoms with Crippen LogP contribution in [0.1, 0.15) is 71.1 Å². The van der Waals surface area contributed by atoms with Crippen molar-refractivity contribution in [3.63, 3.8) is 0 Å². The number of ether oxygens (including phenoxy) is 1. The lowest BCUT2D eigenvalue weighted by molar-refractivity contribution is 0.241. The Morgan fingerprint density at radius 2 is 1.41 bits per heavy atom. The average Bonchev–Trinajstić information content (AvgIpc) is 2.35. The molecule has 0 aliphatic rings. The van der Waals surface area contributed by atoms with Crippen LogP contribution >= 0.6 is 0 Å². The summed E-state index contributed by atoms with van der Waals surface area (Å²) >= 11 is 0. The smallest absolute Gasteiger partial charge is 0.0873 e. The molecule has 0 aromatic carbocycles. The second-order valence-corrected chi connectivity index (χ2v) is 4.56. The Morgan fingerprint density at radius 1 is 0.824 bits per heavy atom. The zero-order valence-corrected chi connectivity index (χ0v) is 11.6. The lowest BCUT2D eigenvalue weighted by atomic mass is 10.1. The second-order valence-electron chi connectivity index (χ2n) is 4.56. The van der Waals surface area contributed by atoms with Crippen LogP contribution in [0.4, 0.5) is 0 Å². The van der Waals surface area contributed by atoms with Gasteiger partial charge in [0.15, 0.2) is 0 Å². The highest BCUT2D eigenvalue weighted by molar-refractivity contribution is 4.81. The maximum absolute atomic E-state index is 5.08. The van der Waals surface area contributed by atoms with E-state index >= 15 is 0 Å². The molecule has 0 aromatic rings. The van der Waals surface area contributed by atoms with E-state index in [0.717, 1.165) is 6.61 Å². The fourth-order valence-electron chi connectivity index (χ4n) is 1.80. The van der Waals surface area contributed by atoms with E-state index in [9.17, 15) is 0 Å². The van der Waals surface area contributed by atoms with Crippen molar-refractivity contribution >= 4 is 0 Å². The quantitative estimate of drug-likeness (QED) is 0.230. The summed E-state index contributed by atoms with van der Waals surface area (Å²) in [7, 11) is 0. The molecule has 0 spiro atoms. The Labute approximate surface area is 108 Å². The van der Waals surface area contributed by atoms with Gasteiger partial charge in [-0.1, -0.05) is 64.2 Å². The van der Waals surface area contributed by atoms with Crippen LogP contribution in [0.3, 0.4) is 0 Å². The number of allylic oxidation sites excluding steroid dienone is 2. The molecule has 1 nitrogen and oxygen atoms in total. The van der Waals surface area contributed by atoms with E-state index < -0.39 is 0 Å². The first-order chi connectivity index (χ1) is 8.41. The minimum absolute atomic E-state index is 0.837. The van der Waals surface area contributed by atoms with Gasteiger partial charge in [-0.25, -0.2) is 0 Å². The van der Waals surface area contributed by atoms with Crippen molar-refractivity contribution in [3.8, 4) is 0 Å². The monoisotopic (exact) mass is 238 g/mol. The van der Waals surface area contributed by atoms with E-state index in [4.69, 9.17) is 4.74 Å². The molecule has 0 aliphatic carbocycles. The first-order valence-electron chi connectivity index (χ1n) is 7.29. The Balaban J connectivity index is 2.98. The van der Waals surface area contributed by atoms with Crippen molar-refractivity contribution in [1.82, 2.24) is 0 Å². The van der Waals surface area contributed by atoms with Gasteiger partial charge in [0.05, 0.1) is 12.9 Å². The van der Waals surface area contributed by atoms with Gasteiger partial charge in [-0.15, -0.1) is 0 Å². The molecule has 0 amide bonds. The van der Waals surface area contributed by atoms with E-state index in [-0.39, 0.29) is 0 Å². The van der Waals surface area contributed by atoms with Crippen molar-refractivity contribution in [2.45, 2.75) is 71.1 Å². The van der Waals surface area contributed by atoms with Gasteiger partial charge >= 0.3 is 0 Å². The summed E-state index contributed by atoms with van der Waals surface area (Å²) in [5, 5.41) is 0. The fraction of sp³-hybridized carbons (Fsp3) is 0.750.